The van der Waals surface area contributed by atoms with Crippen LogP contribution in [-0.4, -0.2) is 11.7 Å². The molecule has 4 nitrogen and oxygen atoms in total. The largest absolute Gasteiger partial charge is 0.452 e. The summed E-state index contributed by atoms with van der Waals surface area (Å²) in [5.41, 5.74) is 3.92. The normalized spacial score (nSPS) is 10.9. The van der Waals surface area contributed by atoms with Crippen molar-refractivity contribution in [3.63, 3.8) is 0 Å². The van der Waals surface area contributed by atoms with E-state index in [9.17, 15) is 9.59 Å². The first-order chi connectivity index (χ1) is 13.9. The molecule has 4 aromatic rings. The van der Waals surface area contributed by atoms with E-state index in [1.54, 1.807) is 42.5 Å². The monoisotopic (exact) mass is 403 g/mol. The summed E-state index contributed by atoms with van der Waals surface area (Å²) in [5.74, 6) is -0.117. The number of rotatable bonds is 4. The van der Waals surface area contributed by atoms with Crippen LogP contribution in [-0.2, 0) is 0 Å². The van der Waals surface area contributed by atoms with Gasteiger partial charge in [0.15, 0.2) is 5.76 Å². The van der Waals surface area contributed by atoms with Crippen LogP contribution < -0.4 is 5.32 Å². The van der Waals surface area contributed by atoms with E-state index in [0.29, 0.717) is 27.4 Å². The van der Waals surface area contributed by atoms with Gasteiger partial charge in [-0.05, 0) is 61.9 Å². The highest BCUT2D eigenvalue weighted by atomic mass is 35.5. The van der Waals surface area contributed by atoms with Gasteiger partial charge in [-0.1, -0.05) is 29.8 Å². The molecule has 0 aliphatic heterocycles. The molecule has 144 valence electrons. The highest BCUT2D eigenvalue weighted by Gasteiger charge is 2.20. The van der Waals surface area contributed by atoms with Gasteiger partial charge in [-0.2, -0.15) is 0 Å². The summed E-state index contributed by atoms with van der Waals surface area (Å²) in [7, 11) is 0. The Balaban J connectivity index is 1.65. The molecule has 4 rings (SSSR count). The number of amides is 1. The van der Waals surface area contributed by atoms with Gasteiger partial charge in [0.1, 0.15) is 5.58 Å². The van der Waals surface area contributed by atoms with Gasteiger partial charge in [0, 0.05) is 38.9 Å². The first-order valence-corrected chi connectivity index (χ1v) is 9.52. The average Bonchev–Trinajstić information content (AvgIpc) is 3.04. The van der Waals surface area contributed by atoms with Gasteiger partial charge >= 0.3 is 0 Å². The molecule has 0 atom stereocenters. The molecule has 5 heteroatoms. The Bertz CT molecular complexity index is 1240. The van der Waals surface area contributed by atoms with Crippen molar-refractivity contribution in [1.82, 2.24) is 0 Å². The minimum atomic E-state index is -0.208. The lowest BCUT2D eigenvalue weighted by molar-refractivity contribution is 0.101. The highest BCUT2D eigenvalue weighted by molar-refractivity contribution is 6.30. The Morgan fingerprint density at radius 1 is 0.931 bits per heavy atom. The number of furan rings is 1. The van der Waals surface area contributed by atoms with Crippen molar-refractivity contribution in [2.45, 2.75) is 13.8 Å². The molecule has 0 saturated heterocycles. The molecule has 1 amide bonds. The zero-order valence-electron chi connectivity index (χ0n) is 16.0. The molecule has 0 unspecified atom stereocenters. The van der Waals surface area contributed by atoms with Gasteiger partial charge in [-0.25, -0.2) is 0 Å². The minimum absolute atomic E-state index is 0.191. The first kappa shape index (κ1) is 19.0. The van der Waals surface area contributed by atoms with Gasteiger partial charge < -0.3 is 9.73 Å². The molecular weight excluding hydrogens is 386 g/mol. The van der Waals surface area contributed by atoms with Crippen LogP contribution in [0.2, 0.25) is 5.02 Å². The average molecular weight is 404 g/mol. The number of fused-ring (bicyclic) bond motifs is 1. The maximum Gasteiger partial charge on any atom is 0.255 e. The molecule has 0 fully saturated rings. The second-order valence-electron chi connectivity index (χ2n) is 6.87. The van der Waals surface area contributed by atoms with Crippen molar-refractivity contribution in [3.05, 3.63) is 99.8 Å². The number of benzene rings is 3. The van der Waals surface area contributed by atoms with Crippen molar-refractivity contribution >= 4 is 39.9 Å². The Kier molecular flexibility index (Phi) is 4.95. The van der Waals surface area contributed by atoms with E-state index in [1.165, 1.54) is 0 Å². The lowest BCUT2D eigenvalue weighted by Crippen LogP contribution is -2.13. The van der Waals surface area contributed by atoms with Gasteiger partial charge in [0.2, 0.25) is 5.78 Å². The van der Waals surface area contributed by atoms with Gasteiger partial charge in [0.05, 0.1) is 0 Å². The number of halogens is 1. The summed E-state index contributed by atoms with van der Waals surface area (Å²) in [6.45, 7) is 3.74. The van der Waals surface area contributed by atoms with Gasteiger partial charge in [-0.15, -0.1) is 0 Å². The fourth-order valence-corrected chi connectivity index (χ4v) is 3.40. The fraction of sp³-hybridized carbons (Fsp3) is 0.0833. The van der Waals surface area contributed by atoms with Gasteiger partial charge in [-0.3, -0.25) is 9.59 Å². The highest BCUT2D eigenvalue weighted by Crippen LogP contribution is 2.30. The summed E-state index contributed by atoms with van der Waals surface area (Å²) in [6, 6.07) is 19.5. The number of hydrogen-bond acceptors (Lipinski definition) is 3. The minimum Gasteiger partial charge on any atom is -0.452 e. The molecule has 1 aromatic heterocycles. The van der Waals surface area contributed by atoms with Crippen LogP contribution in [0, 0.1) is 13.8 Å². The van der Waals surface area contributed by atoms with Crippen LogP contribution in [0.1, 0.15) is 37.6 Å². The molecule has 1 heterocycles. The van der Waals surface area contributed by atoms with E-state index in [-0.39, 0.29) is 17.5 Å². The smallest absolute Gasteiger partial charge is 0.255 e. The number of ketones is 1. The maximum absolute atomic E-state index is 12.8. The summed E-state index contributed by atoms with van der Waals surface area (Å²) in [6.07, 6.45) is 0. The van der Waals surface area contributed by atoms with Crippen molar-refractivity contribution in [2.24, 2.45) is 0 Å². The first-order valence-electron chi connectivity index (χ1n) is 9.14. The number of nitrogens with one attached hydrogen (secondary N) is 1. The van der Waals surface area contributed by atoms with E-state index in [4.69, 9.17) is 16.0 Å². The van der Waals surface area contributed by atoms with Crippen molar-refractivity contribution < 1.29 is 14.0 Å². The molecule has 1 N–H and O–H groups in total. The number of hydrogen-bond donors (Lipinski definition) is 1. The lowest BCUT2D eigenvalue weighted by Gasteiger charge is -2.07. The quantitative estimate of drug-likeness (QED) is 0.413. The molecule has 29 heavy (non-hydrogen) atoms. The van der Waals surface area contributed by atoms with Crippen molar-refractivity contribution in [1.29, 1.82) is 0 Å². The third-order valence-corrected chi connectivity index (χ3v) is 5.15. The standard InChI is InChI=1S/C24H18ClNO3/c1-14-5-3-4-6-19(14)24(28)26-18-11-12-20-15(2)23(29-21(20)13-18)22(27)16-7-9-17(25)10-8-16/h3-13H,1-2H3,(H,26,28). The van der Waals surface area contributed by atoms with E-state index in [0.717, 1.165) is 16.5 Å². The van der Waals surface area contributed by atoms with E-state index in [1.807, 2.05) is 38.1 Å². The maximum atomic E-state index is 12.8. The Morgan fingerprint density at radius 3 is 2.38 bits per heavy atom. The second kappa shape index (κ2) is 7.57. The van der Waals surface area contributed by atoms with Crippen molar-refractivity contribution in [3.8, 4) is 0 Å². The van der Waals surface area contributed by atoms with Crippen LogP contribution in [0.4, 0.5) is 5.69 Å². The Morgan fingerprint density at radius 2 is 1.66 bits per heavy atom. The third-order valence-electron chi connectivity index (χ3n) is 4.90. The molecule has 0 bridgehead atoms. The molecule has 0 aliphatic rings. The van der Waals surface area contributed by atoms with Crippen molar-refractivity contribution in [2.75, 3.05) is 5.32 Å². The van der Waals surface area contributed by atoms with Crippen LogP contribution >= 0.6 is 11.6 Å². The van der Waals surface area contributed by atoms with Crippen LogP contribution in [0.25, 0.3) is 11.0 Å². The second-order valence-corrected chi connectivity index (χ2v) is 7.31. The topological polar surface area (TPSA) is 59.3 Å². The summed E-state index contributed by atoms with van der Waals surface area (Å²) in [4.78, 5) is 25.4. The van der Waals surface area contributed by atoms with E-state index >= 15 is 0 Å². The fourth-order valence-electron chi connectivity index (χ4n) is 3.28. The molecule has 0 saturated carbocycles. The predicted molar refractivity (Wildman–Crippen MR) is 115 cm³/mol. The molecule has 0 spiro atoms. The third kappa shape index (κ3) is 3.67. The molecule has 0 radical (unpaired) electrons. The summed E-state index contributed by atoms with van der Waals surface area (Å²) in [5, 5.41) is 4.28. The number of carbonyl (C=O) groups excluding carboxylic acids is 2. The summed E-state index contributed by atoms with van der Waals surface area (Å²) < 4.78 is 5.86. The molecular formula is C24H18ClNO3. The van der Waals surface area contributed by atoms with Crippen LogP contribution in [0.5, 0.6) is 0 Å². The van der Waals surface area contributed by atoms with E-state index < -0.39 is 0 Å². The number of anilines is 1. The number of aryl methyl sites for hydroxylation is 2. The molecule has 0 aliphatic carbocycles. The Hall–Kier alpha value is -3.37. The SMILES string of the molecule is Cc1ccccc1C(=O)Nc1ccc2c(C)c(C(=O)c3ccc(Cl)cc3)oc2c1. The van der Waals surface area contributed by atoms with E-state index in [2.05, 4.69) is 5.32 Å². The Labute approximate surface area is 173 Å². The van der Waals surface area contributed by atoms with Crippen LogP contribution in [0.3, 0.4) is 0 Å². The van der Waals surface area contributed by atoms with Gasteiger partial charge in [0.25, 0.3) is 5.91 Å². The zero-order chi connectivity index (χ0) is 20.5. The lowest BCUT2D eigenvalue weighted by atomic mass is 10.0. The number of carbonyl (C=O) groups is 2. The van der Waals surface area contributed by atoms with Crippen LogP contribution in [0.15, 0.2) is 71.1 Å². The summed E-state index contributed by atoms with van der Waals surface area (Å²) >= 11 is 5.90. The molecule has 3 aromatic carbocycles. The predicted octanol–water partition coefficient (Wildman–Crippen LogP) is 6.19. The zero-order valence-corrected chi connectivity index (χ0v) is 16.7.